The summed E-state index contributed by atoms with van der Waals surface area (Å²) in [5.41, 5.74) is 3.57. The lowest BCUT2D eigenvalue weighted by Crippen LogP contribution is -2.74. The fourth-order valence-electron chi connectivity index (χ4n) is 7.18. The standard InChI is InChI=1S/C29H33F2N3O7/c1-33(2)22-17-13-15-12-16-14(4-3-9-34-10-7-28(30,31)8-11-34)5-6-18(35)20(16)23(36)19(15)25(38)29(17,41)26(39)21(24(22)37)27(32)40/h3-6,15,17,19,21-22,35,41H,7-13H2,1-2H3,(H2,32,40)/b4-3+/t15-,17-,19?,21?,22-,29-/m0/s1. The quantitative estimate of drug-likeness (QED) is 0.429. The molecular weight excluding hydrogens is 540 g/mol. The van der Waals surface area contributed by atoms with Crippen LogP contribution in [0.2, 0.25) is 0 Å². The number of carbonyl (C=O) groups is 5. The maximum absolute atomic E-state index is 13.9. The van der Waals surface area contributed by atoms with Crippen LogP contribution in [0.1, 0.15) is 40.7 Å². The molecule has 220 valence electrons. The number of rotatable bonds is 5. The topological polar surface area (TPSA) is 158 Å². The number of phenols is 1. The van der Waals surface area contributed by atoms with E-state index in [1.54, 1.807) is 18.2 Å². The predicted molar refractivity (Wildman–Crippen MR) is 141 cm³/mol. The first-order valence-corrected chi connectivity index (χ1v) is 13.6. The molecule has 1 saturated heterocycles. The molecule has 4 aliphatic rings. The monoisotopic (exact) mass is 573 g/mol. The van der Waals surface area contributed by atoms with Gasteiger partial charge < -0.3 is 15.9 Å². The minimum absolute atomic E-state index is 0.0370. The lowest BCUT2D eigenvalue weighted by molar-refractivity contribution is -0.181. The molecule has 1 amide bonds. The maximum Gasteiger partial charge on any atom is 0.250 e. The van der Waals surface area contributed by atoms with Gasteiger partial charge in [-0.25, -0.2) is 8.78 Å². The maximum atomic E-state index is 13.9. The second-order valence-corrected chi connectivity index (χ2v) is 11.9. The molecule has 0 bridgehead atoms. The number of nitrogens with zero attached hydrogens (tertiary/aromatic N) is 2. The van der Waals surface area contributed by atoms with Crippen molar-refractivity contribution in [2.24, 2.45) is 29.4 Å². The third kappa shape index (κ3) is 4.61. The SMILES string of the molecule is CN(C)[C@@H]1C(=O)C(C(N)=O)C(=O)[C@@]2(O)C(=O)C3C(=O)c4c(O)ccc(/C=C/CN5CCC(F)(F)CC5)c4C[C@H]3C[C@@H]12. The molecule has 0 aromatic heterocycles. The van der Waals surface area contributed by atoms with E-state index in [9.17, 15) is 43.0 Å². The van der Waals surface area contributed by atoms with E-state index in [1.165, 1.54) is 25.1 Å². The average molecular weight is 574 g/mol. The van der Waals surface area contributed by atoms with Crippen molar-refractivity contribution in [3.05, 3.63) is 34.9 Å². The van der Waals surface area contributed by atoms with Crippen molar-refractivity contribution < 1.29 is 43.0 Å². The van der Waals surface area contributed by atoms with E-state index in [1.807, 2.05) is 4.90 Å². The molecule has 10 nitrogen and oxygen atoms in total. The lowest BCUT2D eigenvalue weighted by Gasteiger charge is -2.52. The van der Waals surface area contributed by atoms with Crippen LogP contribution in [0.4, 0.5) is 8.78 Å². The first kappa shape index (κ1) is 29.2. The summed E-state index contributed by atoms with van der Waals surface area (Å²) in [5.74, 6) is -13.6. The van der Waals surface area contributed by atoms with Gasteiger partial charge in [0.25, 0.3) is 5.92 Å². The molecule has 2 saturated carbocycles. The fourth-order valence-corrected chi connectivity index (χ4v) is 7.18. The molecule has 3 aliphatic carbocycles. The number of benzene rings is 1. The zero-order valence-electron chi connectivity index (χ0n) is 22.8. The first-order valence-electron chi connectivity index (χ1n) is 13.6. The molecule has 5 rings (SSSR count). The van der Waals surface area contributed by atoms with Crippen molar-refractivity contribution in [2.45, 2.75) is 43.2 Å². The van der Waals surface area contributed by atoms with Crippen LogP contribution >= 0.6 is 0 Å². The molecule has 3 fully saturated rings. The molecule has 6 atom stereocenters. The van der Waals surface area contributed by atoms with Gasteiger partial charge in [0.1, 0.15) is 5.75 Å². The molecule has 12 heteroatoms. The zero-order chi connectivity index (χ0) is 30.0. The van der Waals surface area contributed by atoms with Crippen LogP contribution < -0.4 is 5.73 Å². The number of aliphatic hydroxyl groups is 1. The molecule has 0 radical (unpaired) electrons. The van der Waals surface area contributed by atoms with Gasteiger partial charge in [0.2, 0.25) is 5.91 Å². The summed E-state index contributed by atoms with van der Waals surface area (Å²) >= 11 is 0. The van der Waals surface area contributed by atoms with Gasteiger partial charge >= 0.3 is 0 Å². The number of carbonyl (C=O) groups excluding carboxylic acids is 5. The smallest absolute Gasteiger partial charge is 0.250 e. The highest BCUT2D eigenvalue weighted by Crippen LogP contribution is 2.51. The number of phenolic OH excluding ortho intramolecular Hbond substituents is 1. The highest BCUT2D eigenvalue weighted by molar-refractivity contribution is 6.32. The fraction of sp³-hybridized carbons (Fsp3) is 0.552. The molecule has 2 unspecified atom stereocenters. The summed E-state index contributed by atoms with van der Waals surface area (Å²) in [6, 6.07) is 1.77. The summed E-state index contributed by atoms with van der Waals surface area (Å²) in [6.07, 6.45) is 3.22. The van der Waals surface area contributed by atoms with Crippen molar-refractivity contribution in [3.63, 3.8) is 0 Å². The Morgan fingerprint density at radius 2 is 1.80 bits per heavy atom. The number of hydrogen-bond donors (Lipinski definition) is 3. The number of alkyl halides is 2. The van der Waals surface area contributed by atoms with Crippen molar-refractivity contribution in [3.8, 4) is 5.75 Å². The highest BCUT2D eigenvalue weighted by Gasteiger charge is 2.69. The number of Topliss-reactive ketones (excluding diaryl/α,β-unsaturated/α-hetero) is 4. The Morgan fingerprint density at radius 1 is 1.15 bits per heavy atom. The average Bonchev–Trinajstić information content (AvgIpc) is 2.88. The van der Waals surface area contributed by atoms with Gasteiger partial charge in [-0.05, 0) is 50.0 Å². The summed E-state index contributed by atoms with van der Waals surface area (Å²) in [7, 11) is 3.05. The number of nitrogens with two attached hydrogens (primary N) is 1. The lowest BCUT2D eigenvalue weighted by atomic mass is 9.52. The van der Waals surface area contributed by atoms with Crippen molar-refractivity contribution in [2.75, 3.05) is 33.7 Å². The normalized spacial score (nSPS) is 33.6. The number of amides is 1. The van der Waals surface area contributed by atoms with Gasteiger partial charge in [-0.3, -0.25) is 33.8 Å². The number of likely N-dealkylation sites (N-methyl/N-ethyl adjacent to an activating group) is 1. The molecule has 4 N–H and O–H groups in total. The summed E-state index contributed by atoms with van der Waals surface area (Å²) < 4.78 is 27.0. The number of halogens is 2. The Labute approximate surface area is 235 Å². The summed E-state index contributed by atoms with van der Waals surface area (Å²) in [6.45, 7) is 0.913. The van der Waals surface area contributed by atoms with E-state index < -0.39 is 70.3 Å². The Hall–Kier alpha value is -3.35. The third-order valence-electron chi connectivity index (χ3n) is 9.23. The van der Waals surface area contributed by atoms with Crippen LogP contribution in [0, 0.1) is 23.7 Å². The summed E-state index contributed by atoms with van der Waals surface area (Å²) in [4.78, 5) is 69.5. The molecule has 1 aromatic rings. The van der Waals surface area contributed by atoms with Crippen molar-refractivity contribution in [1.82, 2.24) is 9.80 Å². The van der Waals surface area contributed by atoms with Crippen LogP contribution in [0.5, 0.6) is 5.75 Å². The van der Waals surface area contributed by atoms with Gasteiger partial charge in [0, 0.05) is 38.4 Å². The highest BCUT2D eigenvalue weighted by atomic mass is 19.3. The molecular formula is C29H33F2N3O7. The number of fused-ring (bicyclic) bond motifs is 3. The molecule has 1 heterocycles. The number of piperidine rings is 1. The largest absolute Gasteiger partial charge is 0.507 e. The van der Waals surface area contributed by atoms with Crippen LogP contribution in [0.25, 0.3) is 6.08 Å². The van der Waals surface area contributed by atoms with Crippen LogP contribution in [0.15, 0.2) is 18.2 Å². The second kappa shape index (κ2) is 10.2. The van der Waals surface area contributed by atoms with Crippen molar-refractivity contribution in [1.29, 1.82) is 0 Å². The molecule has 41 heavy (non-hydrogen) atoms. The van der Waals surface area contributed by atoms with E-state index in [0.29, 0.717) is 17.7 Å². The van der Waals surface area contributed by atoms with E-state index >= 15 is 0 Å². The van der Waals surface area contributed by atoms with E-state index in [2.05, 4.69) is 0 Å². The Morgan fingerprint density at radius 3 is 2.41 bits per heavy atom. The Kier molecular flexibility index (Phi) is 7.24. The predicted octanol–water partition coefficient (Wildman–Crippen LogP) is 0.611. The minimum Gasteiger partial charge on any atom is -0.507 e. The van der Waals surface area contributed by atoms with Gasteiger partial charge in [0.15, 0.2) is 34.7 Å². The van der Waals surface area contributed by atoms with Crippen molar-refractivity contribution >= 4 is 35.1 Å². The van der Waals surface area contributed by atoms with E-state index in [-0.39, 0.29) is 50.1 Å². The van der Waals surface area contributed by atoms with Gasteiger partial charge in [-0.2, -0.15) is 0 Å². The second-order valence-electron chi connectivity index (χ2n) is 11.9. The van der Waals surface area contributed by atoms with E-state index in [4.69, 9.17) is 5.73 Å². The van der Waals surface area contributed by atoms with Crippen LogP contribution in [0.3, 0.4) is 0 Å². The van der Waals surface area contributed by atoms with Crippen LogP contribution in [-0.2, 0) is 25.6 Å². The number of likely N-dealkylation sites (tertiary alicyclic amines) is 1. The number of hydrogen-bond acceptors (Lipinski definition) is 9. The molecule has 1 aromatic carbocycles. The zero-order valence-corrected chi connectivity index (χ0v) is 22.8. The minimum atomic E-state index is -2.77. The number of aromatic hydroxyl groups is 1. The molecule has 0 spiro atoms. The van der Waals surface area contributed by atoms with E-state index in [0.717, 1.165) is 0 Å². The van der Waals surface area contributed by atoms with Gasteiger partial charge in [0.05, 0.1) is 17.5 Å². The van der Waals surface area contributed by atoms with Gasteiger partial charge in [-0.15, -0.1) is 0 Å². The van der Waals surface area contributed by atoms with Crippen LogP contribution in [-0.4, -0.2) is 100 Å². The third-order valence-corrected chi connectivity index (χ3v) is 9.23. The summed E-state index contributed by atoms with van der Waals surface area (Å²) in [5, 5.41) is 22.3. The first-order chi connectivity index (χ1) is 19.2. The number of ketones is 4. The Bertz CT molecular complexity index is 1370. The molecule has 1 aliphatic heterocycles. The van der Waals surface area contributed by atoms with Gasteiger partial charge in [-0.1, -0.05) is 18.2 Å². The number of primary amides is 1. The Balaban J connectivity index is 1.48.